The molecule has 0 aliphatic carbocycles. The maximum Gasteiger partial charge on any atom is 0.257 e. The smallest absolute Gasteiger partial charge is 0.257 e. The van der Waals surface area contributed by atoms with Gasteiger partial charge in [0.25, 0.3) is 5.91 Å². The van der Waals surface area contributed by atoms with E-state index in [2.05, 4.69) is 4.99 Å². The number of aliphatic imine (C=N–C) groups is 1. The number of hydrogen-bond donors (Lipinski definition) is 1. The zero-order valence-corrected chi connectivity index (χ0v) is 4.36. The first-order valence-electron chi connectivity index (χ1n) is 1.77. The summed E-state index contributed by atoms with van der Waals surface area (Å²) in [6, 6.07) is 0. The van der Waals surface area contributed by atoms with E-state index < -0.39 is 10.7 Å². The summed E-state index contributed by atoms with van der Waals surface area (Å²) in [5, 5.41) is 0. The van der Waals surface area contributed by atoms with Gasteiger partial charge in [-0.1, -0.05) is 10.7 Å². The molecular formula is C3H4N2OS. The van der Waals surface area contributed by atoms with Crippen molar-refractivity contribution in [3.05, 3.63) is 0 Å². The Bertz CT molecular complexity index is 135. The van der Waals surface area contributed by atoms with Gasteiger partial charge >= 0.3 is 0 Å². The predicted molar refractivity (Wildman–Crippen MR) is 28.5 cm³/mol. The number of nitrogens with one attached hydrogen (secondary N) is 1. The Kier molecular flexibility index (Phi) is 1.02. The molecule has 1 aliphatic rings. The topological polar surface area (TPSA) is 53.3 Å². The van der Waals surface area contributed by atoms with Gasteiger partial charge < -0.3 is 0 Å². The first-order valence-corrected chi connectivity index (χ1v) is 3.22. The van der Waals surface area contributed by atoms with Gasteiger partial charge in [-0.05, 0) is 0 Å². The number of carbonyl (C=O) groups excluding carboxylic acids is 1. The molecule has 0 spiro atoms. The minimum absolute atomic E-state index is 0.154. The summed E-state index contributed by atoms with van der Waals surface area (Å²) in [5.41, 5.74) is 1.39. The number of amides is 1. The molecule has 1 amide bonds. The van der Waals surface area contributed by atoms with Gasteiger partial charge in [-0.3, -0.25) is 9.57 Å². The molecule has 1 unspecified atom stereocenters. The molecule has 1 aliphatic heterocycles. The molecule has 1 heterocycles. The van der Waals surface area contributed by atoms with Crippen molar-refractivity contribution in [2.75, 3.05) is 5.75 Å². The van der Waals surface area contributed by atoms with Crippen LogP contribution in [-0.2, 0) is 15.5 Å². The van der Waals surface area contributed by atoms with E-state index in [4.69, 9.17) is 4.78 Å². The van der Waals surface area contributed by atoms with Crippen LogP contribution in [0.3, 0.4) is 0 Å². The van der Waals surface area contributed by atoms with E-state index in [-0.39, 0.29) is 5.91 Å². The first kappa shape index (κ1) is 4.64. The normalized spacial score (nSPS) is 29.1. The summed E-state index contributed by atoms with van der Waals surface area (Å²) in [5.74, 6) is 0.151. The van der Waals surface area contributed by atoms with E-state index in [0.29, 0.717) is 5.75 Å². The highest BCUT2D eigenvalue weighted by molar-refractivity contribution is 8.00. The lowest BCUT2D eigenvalue weighted by Gasteiger charge is -1.76. The fraction of sp³-hybridized carbons (Fsp3) is 0.333. The largest absolute Gasteiger partial charge is 0.274 e. The van der Waals surface area contributed by atoms with Crippen molar-refractivity contribution in [2.24, 2.45) is 4.99 Å². The molecule has 0 bridgehead atoms. The van der Waals surface area contributed by atoms with Gasteiger partial charge in [0.1, 0.15) is 0 Å². The number of carbonyl (C=O) groups is 1. The standard InChI is InChI=1S/C3H4N2OS/c4-7-1-3(6)5-2-7/h2,4H,1H2. The summed E-state index contributed by atoms with van der Waals surface area (Å²) in [6.45, 7) is 0. The van der Waals surface area contributed by atoms with Crippen molar-refractivity contribution in [1.29, 1.82) is 4.78 Å². The number of rotatable bonds is 0. The van der Waals surface area contributed by atoms with Crippen molar-refractivity contribution < 1.29 is 4.79 Å². The molecule has 0 aromatic carbocycles. The highest BCUT2D eigenvalue weighted by atomic mass is 32.2. The van der Waals surface area contributed by atoms with Crippen LogP contribution >= 0.6 is 0 Å². The van der Waals surface area contributed by atoms with Crippen LogP contribution in [0.1, 0.15) is 0 Å². The Hall–Kier alpha value is -0.510. The molecule has 0 fully saturated rings. The van der Waals surface area contributed by atoms with Crippen LogP contribution in [-0.4, -0.2) is 17.2 Å². The molecule has 0 saturated heterocycles. The van der Waals surface area contributed by atoms with Crippen LogP contribution in [0.5, 0.6) is 0 Å². The zero-order valence-electron chi connectivity index (χ0n) is 3.55. The molecule has 1 atom stereocenters. The van der Waals surface area contributed by atoms with Gasteiger partial charge in [-0.25, -0.2) is 4.99 Å². The third-order valence-electron chi connectivity index (χ3n) is 0.603. The maximum absolute atomic E-state index is 10.1. The summed E-state index contributed by atoms with van der Waals surface area (Å²) < 4.78 is 6.92. The van der Waals surface area contributed by atoms with Crippen molar-refractivity contribution in [3.8, 4) is 0 Å². The van der Waals surface area contributed by atoms with Crippen LogP contribution in [0.4, 0.5) is 0 Å². The predicted octanol–water partition coefficient (Wildman–Crippen LogP) is -0.0644. The highest BCUT2D eigenvalue weighted by Crippen LogP contribution is 1.90. The second-order valence-electron chi connectivity index (χ2n) is 1.20. The minimum atomic E-state index is -0.594. The van der Waals surface area contributed by atoms with E-state index in [0.717, 1.165) is 0 Å². The number of hydrogen-bond acceptors (Lipinski definition) is 2. The van der Waals surface area contributed by atoms with Gasteiger partial charge in [0.2, 0.25) is 0 Å². The van der Waals surface area contributed by atoms with Crippen LogP contribution in [0, 0.1) is 4.78 Å². The van der Waals surface area contributed by atoms with Crippen LogP contribution in [0.2, 0.25) is 0 Å². The average molecular weight is 116 g/mol. The fourth-order valence-electron chi connectivity index (χ4n) is 0.330. The molecular weight excluding hydrogens is 112 g/mol. The molecule has 3 nitrogen and oxygen atoms in total. The minimum Gasteiger partial charge on any atom is -0.274 e. The van der Waals surface area contributed by atoms with E-state index in [9.17, 15) is 4.79 Å². The lowest BCUT2D eigenvalue weighted by molar-refractivity contribution is -0.115. The summed E-state index contributed by atoms with van der Waals surface area (Å²) in [6.07, 6.45) is 0. The molecule has 0 saturated carbocycles. The monoisotopic (exact) mass is 116 g/mol. The molecule has 38 valence electrons. The van der Waals surface area contributed by atoms with E-state index in [1.165, 1.54) is 5.55 Å². The SMILES string of the molecule is N=S1C=NC(=O)C1. The molecule has 0 aromatic heterocycles. The Morgan fingerprint density at radius 3 is 2.86 bits per heavy atom. The Morgan fingerprint density at radius 2 is 2.71 bits per heavy atom. The van der Waals surface area contributed by atoms with Crippen molar-refractivity contribution in [3.63, 3.8) is 0 Å². The third-order valence-corrected chi connectivity index (χ3v) is 1.52. The van der Waals surface area contributed by atoms with E-state index in [1.54, 1.807) is 0 Å². The summed E-state index contributed by atoms with van der Waals surface area (Å²) >= 11 is 0. The fourth-order valence-corrected chi connectivity index (χ4v) is 0.990. The van der Waals surface area contributed by atoms with Gasteiger partial charge in [0.05, 0.1) is 11.3 Å². The zero-order chi connectivity index (χ0) is 5.28. The molecule has 1 N–H and O–H groups in total. The van der Waals surface area contributed by atoms with Gasteiger partial charge in [0.15, 0.2) is 0 Å². The van der Waals surface area contributed by atoms with Gasteiger partial charge in [-0.2, -0.15) is 0 Å². The Labute approximate surface area is 43.3 Å². The molecule has 1 rings (SSSR count). The Morgan fingerprint density at radius 1 is 2.00 bits per heavy atom. The van der Waals surface area contributed by atoms with Gasteiger partial charge in [0, 0.05) is 0 Å². The maximum atomic E-state index is 10.1. The second-order valence-corrected chi connectivity index (χ2v) is 2.56. The quantitative estimate of drug-likeness (QED) is 0.473. The van der Waals surface area contributed by atoms with Gasteiger partial charge in [-0.15, -0.1) is 0 Å². The van der Waals surface area contributed by atoms with Crippen LogP contribution in [0.25, 0.3) is 0 Å². The number of nitrogens with zero attached hydrogens (tertiary/aromatic N) is 1. The van der Waals surface area contributed by atoms with Crippen molar-refractivity contribution in [2.45, 2.75) is 0 Å². The lowest BCUT2D eigenvalue weighted by atomic mass is 10.8. The molecule has 0 radical (unpaired) electrons. The average Bonchev–Trinajstić information content (AvgIpc) is 1.87. The molecule has 0 aromatic rings. The van der Waals surface area contributed by atoms with E-state index in [1.807, 2.05) is 0 Å². The van der Waals surface area contributed by atoms with Crippen molar-refractivity contribution >= 4 is 22.1 Å². The summed E-state index contributed by atoms with van der Waals surface area (Å²) in [4.78, 5) is 13.5. The lowest BCUT2D eigenvalue weighted by Crippen LogP contribution is -1.95. The highest BCUT2D eigenvalue weighted by Gasteiger charge is 2.06. The Balaban J connectivity index is 2.76. The first-order chi connectivity index (χ1) is 3.29. The van der Waals surface area contributed by atoms with Crippen LogP contribution < -0.4 is 0 Å². The van der Waals surface area contributed by atoms with Crippen molar-refractivity contribution in [1.82, 2.24) is 0 Å². The second kappa shape index (κ2) is 1.54. The molecule has 7 heavy (non-hydrogen) atoms. The molecule has 4 heteroatoms. The van der Waals surface area contributed by atoms with E-state index >= 15 is 0 Å². The van der Waals surface area contributed by atoms with Crippen LogP contribution in [0.15, 0.2) is 4.99 Å². The third kappa shape index (κ3) is 0.928. The summed E-state index contributed by atoms with van der Waals surface area (Å²) in [7, 11) is -0.594.